The number of nitrogens with zero attached hydrogens (tertiary/aromatic N) is 2. The minimum absolute atomic E-state index is 0.00382. The van der Waals surface area contributed by atoms with Gasteiger partial charge in [0.2, 0.25) is 5.91 Å². The van der Waals surface area contributed by atoms with Crippen LogP contribution in [0, 0.1) is 6.92 Å². The predicted octanol–water partition coefficient (Wildman–Crippen LogP) is 1.95. The molecule has 1 aromatic heterocycles. The molecule has 0 bridgehead atoms. The van der Waals surface area contributed by atoms with Gasteiger partial charge < -0.3 is 20.0 Å². The summed E-state index contributed by atoms with van der Waals surface area (Å²) in [5, 5.41) is 6.32. The van der Waals surface area contributed by atoms with E-state index in [1.54, 1.807) is 25.3 Å². The summed E-state index contributed by atoms with van der Waals surface area (Å²) in [5.74, 6) is 1.52. The number of hydrogen-bond acceptors (Lipinski definition) is 3. The molecule has 2 rings (SSSR count). The second-order valence-corrected chi connectivity index (χ2v) is 6.05. The van der Waals surface area contributed by atoms with Gasteiger partial charge in [-0.1, -0.05) is 29.8 Å². The lowest BCUT2D eigenvalue weighted by atomic mass is 10.1. The van der Waals surface area contributed by atoms with Gasteiger partial charge in [0.1, 0.15) is 5.76 Å². The second-order valence-electron chi connectivity index (χ2n) is 6.05. The molecule has 1 amide bonds. The largest absolute Gasteiger partial charge is 0.469 e. The number of rotatable bonds is 7. The zero-order chi connectivity index (χ0) is 18.1. The Hall–Kier alpha value is -2.76. The number of aliphatic imine (C=N–C) groups is 1. The van der Waals surface area contributed by atoms with Gasteiger partial charge in [-0.15, -0.1) is 0 Å². The molecule has 0 aliphatic carbocycles. The van der Waals surface area contributed by atoms with Crippen LogP contribution >= 0.6 is 0 Å². The first kappa shape index (κ1) is 18.6. The maximum Gasteiger partial charge on any atom is 0.241 e. The van der Waals surface area contributed by atoms with Crippen LogP contribution in [0.2, 0.25) is 0 Å². The molecule has 1 aromatic carbocycles. The normalized spacial score (nSPS) is 11.2. The van der Waals surface area contributed by atoms with E-state index >= 15 is 0 Å². The fourth-order valence-corrected chi connectivity index (χ4v) is 2.11. The smallest absolute Gasteiger partial charge is 0.241 e. The lowest BCUT2D eigenvalue weighted by molar-refractivity contribution is -0.127. The zero-order valence-electron chi connectivity index (χ0n) is 15.1. The second kappa shape index (κ2) is 9.52. The molecule has 2 aromatic rings. The van der Waals surface area contributed by atoms with Gasteiger partial charge in [0, 0.05) is 27.1 Å². The first-order chi connectivity index (χ1) is 12.0. The number of likely N-dealkylation sites (N-methyl/N-ethyl adjacent to an activating group) is 1. The van der Waals surface area contributed by atoms with Crippen molar-refractivity contribution in [2.45, 2.75) is 19.9 Å². The van der Waals surface area contributed by atoms with Gasteiger partial charge in [-0.05, 0) is 24.6 Å². The molecular weight excluding hydrogens is 316 g/mol. The number of furan rings is 1. The van der Waals surface area contributed by atoms with Gasteiger partial charge in [-0.2, -0.15) is 0 Å². The lowest BCUT2D eigenvalue weighted by Crippen LogP contribution is -2.43. The Morgan fingerprint density at radius 2 is 1.92 bits per heavy atom. The molecule has 0 spiro atoms. The van der Waals surface area contributed by atoms with Crippen LogP contribution in [0.1, 0.15) is 16.9 Å². The quantitative estimate of drug-likeness (QED) is 0.596. The van der Waals surface area contributed by atoms with Gasteiger partial charge in [0.05, 0.1) is 19.4 Å². The lowest BCUT2D eigenvalue weighted by Gasteiger charge is -2.14. The number of aryl methyl sites for hydroxylation is 1. The summed E-state index contributed by atoms with van der Waals surface area (Å²) in [6, 6.07) is 12.1. The zero-order valence-corrected chi connectivity index (χ0v) is 15.1. The highest BCUT2D eigenvalue weighted by atomic mass is 16.3. The highest BCUT2D eigenvalue weighted by Crippen LogP contribution is 2.04. The highest BCUT2D eigenvalue weighted by molar-refractivity contribution is 5.86. The molecule has 6 nitrogen and oxygen atoms in total. The first-order valence-electron chi connectivity index (χ1n) is 8.35. The molecule has 0 unspecified atom stereocenters. The van der Waals surface area contributed by atoms with E-state index in [4.69, 9.17) is 4.42 Å². The number of carbonyl (C=O) groups is 1. The summed E-state index contributed by atoms with van der Waals surface area (Å²) >= 11 is 0. The van der Waals surface area contributed by atoms with Gasteiger partial charge in [-0.25, -0.2) is 4.99 Å². The van der Waals surface area contributed by atoms with E-state index in [0.29, 0.717) is 19.0 Å². The van der Waals surface area contributed by atoms with Crippen molar-refractivity contribution in [3.63, 3.8) is 0 Å². The van der Waals surface area contributed by atoms with Crippen LogP contribution in [0.5, 0.6) is 0 Å². The summed E-state index contributed by atoms with van der Waals surface area (Å²) < 4.78 is 5.32. The molecule has 1 heterocycles. The molecule has 0 fully saturated rings. The minimum atomic E-state index is -0.00382. The van der Waals surface area contributed by atoms with Crippen molar-refractivity contribution < 1.29 is 9.21 Å². The summed E-state index contributed by atoms with van der Waals surface area (Å²) in [4.78, 5) is 17.9. The number of nitrogens with one attached hydrogen (secondary N) is 2. The average molecular weight is 342 g/mol. The van der Waals surface area contributed by atoms with Gasteiger partial charge in [-0.3, -0.25) is 4.79 Å². The highest BCUT2D eigenvalue weighted by Gasteiger charge is 2.06. The Balaban J connectivity index is 1.92. The Labute approximate surface area is 148 Å². The fourth-order valence-electron chi connectivity index (χ4n) is 2.11. The van der Waals surface area contributed by atoms with E-state index < -0.39 is 0 Å². The topological polar surface area (TPSA) is 69.9 Å². The van der Waals surface area contributed by atoms with E-state index in [1.807, 2.05) is 12.1 Å². The van der Waals surface area contributed by atoms with Crippen LogP contribution in [0.15, 0.2) is 52.1 Å². The van der Waals surface area contributed by atoms with Gasteiger partial charge in [0.15, 0.2) is 5.96 Å². The molecule has 0 atom stereocenters. The summed E-state index contributed by atoms with van der Waals surface area (Å²) in [6.07, 6.45) is 2.41. The van der Waals surface area contributed by atoms with Crippen LogP contribution in [0.25, 0.3) is 0 Å². The average Bonchev–Trinajstić information content (AvgIpc) is 3.11. The number of hydrogen-bond donors (Lipinski definition) is 2. The number of amides is 1. The predicted molar refractivity (Wildman–Crippen MR) is 99.4 cm³/mol. The van der Waals surface area contributed by atoms with Crippen molar-refractivity contribution >= 4 is 11.9 Å². The summed E-state index contributed by atoms with van der Waals surface area (Å²) in [6.45, 7) is 3.48. The van der Waals surface area contributed by atoms with Crippen molar-refractivity contribution in [2.24, 2.45) is 4.99 Å². The Morgan fingerprint density at radius 3 is 2.56 bits per heavy atom. The van der Waals surface area contributed by atoms with E-state index in [-0.39, 0.29) is 12.5 Å². The van der Waals surface area contributed by atoms with Crippen LogP contribution in [0.4, 0.5) is 0 Å². The van der Waals surface area contributed by atoms with E-state index in [0.717, 1.165) is 17.7 Å². The maximum absolute atomic E-state index is 11.8. The molecular formula is C19H26N4O2. The summed E-state index contributed by atoms with van der Waals surface area (Å²) in [5.41, 5.74) is 2.34. The SMILES string of the molecule is Cc1ccc(CN=C(NCCc2ccco2)NCC(=O)N(C)C)cc1. The molecule has 25 heavy (non-hydrogen) atoms. The third-order valence-corrected chi connectivity index (χ3v) is 3.69. The first-order valence-corrected chi connectivity index (χ1v) is 8.35. The molecule has 0 aliphatic rings. The molecule has 0 radical (unpaired) electrons. The van der Waals surface area contributed by atoms with Crippen LogP contribution in [0.3, 0.4) is 0 Å². The standard InChI is InChI=1S/C19H26N4O2/c1-15-6-8-16(9-7-15)13-21-19(22-14-18(24)23(2)3)20-11-10-17-5-4-12-25-17/h4-9,12H,10-11,13-14H2,1-3H3,(H2,20,21,22). The number of carbonyl (C=O) groups excluding carboxylic acids is 1. The van der Waals surface area contributed by atoms with Crippen molar-refractivity contribution in [1.82, 2.24) is 15.5 Å². The van der Waals surface area contributed by atoms with E-state index in [9.17, 15) is 4.79 Å². The van der Waals surface area contributed by atoms with Crippen molar-refractivity contribution in [2.75, 3.05) is 27.2 Å². The third-order valence-electron chi connectivity index (χ3n) is 3.69. The van der Waals surface area contributed by atoms with Crippen LogP contribution in [-0.2, 0) is 17.8 Å². The molecule has 0 saturated heterocycles. The van der Waals surface area contributed by atoms with Crippen LogP contribution in [-0.4, -0.2) is 44.0 Å². The Kier molecular flexibility index (Phi) is 7.07. The van der Waals surface area contributed by atoms with E-state index in [1.165, 1.54) is 5.56 Å². The molecule has 0 aliphatic heterocycles. The molecule has 2 N–H and O–H groups in total. The molecule has 134 valence electrons. The number of benzene rings is 1. The summed E-state index contributed by atoms with van der Waals surface area (Å²) in [7, 11) is 3.47. The maximum atomic E-state index is 11.8. The Bertz CT molecular complexity index is 676. The monoisotopic (exact) mass is 342 g/mol. The van der Waals surface area contributed by atoms with E-state index in [2.05, 4.69) is 46.8 Å². The van der Waals surface area contributed by atoms with Crippen molar-refractivity contribution in [3.8, 4) is 0 Å². The van der Waals surface area contributed by atoms with Crippen LogP contribution < -0.4 is 10.6 Å². The molecule has 6 heteroatoms. The Morgan fingerprint density at radius 1 is 1.16 bits per heavy atom. The van der Waals surface area contributed by atoms with Crippen molar-refractivity contribution in [1.29, 1.82) is 0 Å². The van der Waals surface area contributed by atoms with Crippen molar-refractivity contribution in [3.05, 3.63) is 59.5 Å². The fraction of sp³-hybridized carbons (Fsp3) is 0.368. The van der Waals surface area contributed by atoms with Gasteiger partial charge >= 0.3 is 0 Å². The minimum Gasteiger partial charge on any atom is -0.469 e. The molecule has 0 saturated carbocycles. The van der Waals surface area contributed by atoms with Gasteiger partial charge in [0.25, 0.3) is 0 Å². The third kappa shape index (κ3) is 6.71. The number of guanidine groups is 1.